The first-order valence-corrected chi connectivity index (χ1v) is 3.67. The van der Waals surface area contributed by atoms with Crippen LogP contribution in [-0.4, -0.2) is 4.98 Å². The SMILES string of the molecule is Nc1cnc(Cl)c(C(F)F)c1Cl. The number of alkyl halides is 2. The van der Waals surface area contributed by atoms with E-state index in [1.54, 1.807) is 0 Å². The summed E-state index contributed by atoms with van der Waals surface area (Å²) in [5, 5.41) is -0.547. The molecular weight excluding hydrogens is 209 g/mol. The topological polar surface area (TPSA) is 38.9 Å². The molecule has 1 heterocycles. The van der Waals surface area contributed by atoms with Crippen molar-refractivity contribution >= 4 is 28.9 Å². The molecule has 0 aliphatic heterocycles. The molecule has 0 aromatic carbocycles. The van der Waals surface area contributed by atoms with Crippen LogP contribution < -0.4 is 5.73 Å². The van der Waals surface area contributed by atoms with Gasteiger partial charge in [-0.1, -0.05) is 23.2 Å². The fourth-order valence-corrected chi connectivity index (χ4v) is 1.18. The summed E-state index contributed by atoms with van der Waals surface area (Å²) in [6.07, 6.45) is -1.63. The molecule has 6 heteroatoms. The third kappa shape index (κ3) is 1.59. The Balaban J connectivity index is 3.33. The summed E-state index contributed by atoms with van der Waals surface area (Å²) in [5.41, 5.74) is 4.72. The Kier molecular flexibility index (Phi) is 2.69. The zero-order chi connectivity index (χ0) is 9.30. The number of halogens is 4. The molecule has 0 saturated carbocycles. The van der Waals surface area contributed by atoms with Crippen molar-refractivity contribution in [1.29, 1.82) is 0 Å². The van der Waals surface area contributed by atoms with Gasteiger partial charge < -0.3 is 5.73 Å². The maximum absolute atomic E-state index is 12.2. The molecule has 2 N–H and O–H groups in total. The van der Waals surface area contributed by atoms with Gasteiger partial charge in [0.1, 0.15) is 5.15 Å². The Labute approximate surface area is 77.3 Å². The summed E-state index contributed by atoms with van der Waals surface area (Å²) in [7, 11) is 0. The Bertz CT molecular complexity index is 304. The summed E-state index contributed by atoms with van der Waals surface area (Å²) < 4.78 is 24.4. The molecule has 0 saturated heterocycles. The maximum Gasteiger partial charge on any atom is 0.268 e. The first-order valence-electron chi connectivity index (χ1n) is 2.91. The highest BCUT2D eigenvalue weighted by atomic mass is 35.5. The minimum atomic E-state index is -2.76. The molecule has 0 bridgehead atoms. The van der Waals surface area contributed by atoms with E-state index in [9.17, 15) is 8.78 Å². The van der Waals surface area contributed by atoms with E-state index in [1.807, 2.05) is 0 Å². The van der Waals surface area contributed by atoms with E-state index in [2.05, 4.69) is 4.98 Å². The van der Waals surface area contributed by atoms with Crippen LogP contribution in [0.5, 0.6) is 0 Å². The zero-order valence-electron chi connectivity index (χ0n) is 5.69. The molecule has 12 heavy (non-hydrogen) atoms. The first kappa shape index (κ1) is 9.48. The Morgan fingerprint density at radius 1 is 1.42 bits per heavy atom. The van der Waals surface area contributed by atoms with E-state index in [0.717, 1.165) is 6.20 Å². The fourth-order valence-electron chi connectivity index (χ4n) is 0.684. The van der Waals surface area contributed by atoms with Gasteiger partial charge in [0.2, 0.25) is 0 Å². The molecule has 0 aliphatic rings. The number of anilines is 1. The number of aromatic nitrogens is 1. The standard InChI is InChI=1S/C6H4Cl2F2N2/c7-4-2(11)1-12-5(8)3(4)6(9)10/h1,6H,11H2. The Morgan fingerprint density at radius 2 is 2.00 bits per heavy atom. The molecule has 0 unspecified atom stereocenters. The van der Waals surface area contributed by atoms with E-state index < -0.39 is 12.0 Å². The lowest BCUT2D eigenvalue weighted by Gasteiger charge is -2.06. The summed E-state index contributed by atoms with van der Waals surface area (Å²) in [5.74, 6) is 0. The van der Waals surface area contributed by atoms with Crippen molar-refractivity contribution in [2.45, 2.75) is 6.43 Å². The molecule has 0 fully saturated rings. The average Bonchev–Trinajstić information content (AvgIpc) is 1.97. The van der Waals surface area contributed by atoms with Gasteiger partial charge in [-0.2, -0.15) is 0 Å². The predicted octanol–water partition coefficient (Wildman–Crippen LogP) is 2.91. The van der Waals surface area contributed by atoms with Crippen LogP contribution in [0.3, 0.4) is 0 Å². The Morgan fingerprint density at radius 3 is 2.42 bits per heavy atom. The van der Waals surface area contributed by atoms with Crippen molar-refractivity contribution in [1.82, 2.24) is 4.98 Å². The summed E-state index contributed by atoms with van der Waals surface area (Å²) >= 11 is 10.8. The highest BCUT2D eigenvalue weighted by molar-refractivity contribution is 6.37. The van der Waals surface area contributed by atoms with Gasteiger partial charge >= 0.3 is 0 Å². The first-order chi connectivity index (χ1) is 5.54. The zero-order valence-corrected chi connectivity index (χ0v) is 7.20. The molecule has 2 nitrogen and oxygen atoms in total. The lowest BCUT2D eigenvalue weighted by atomic mass is 10.3. The number of nitrogens with zero attached hydrogens (tertiary/aromatic N) is 1. The number of pyridine rings is 1. The van der Waals surface area contributed by atoms with Gasteiger partial charge in [0, 0.05) is 0 Å². The van der Waals surface area contributed by atoms with Crippen molar-refractivity contribution in [3.8, 4) is 0 Å². The van der Waals surface area contributed by atoms with E-state index in [-0.39, 0.29) is 15.9 Å². The number of hydrogen-bond acceptors (Lipinski definition) is 2. The van der Waals surface area contributed by atoms with Crippen LogP contribution in [0.2, 0.25) is 10.2 Å². The van der Waals surface area contributed by atoms with Crippen molar-refractivity contribution in [3.63, 3.8) is 0 Å². The molecule has 0 amide bonds. The lowest BCUT2D eigenvalue weighted by molar-refractivity contribution is 0.151. The van der Waals surface area contributed by atoms with Gasteiger partial charge in [0.15, 0.2) is 0 Å². The van der Waals surface area contributed by atoms with Crippen LogP contribution in [0.25, 0.3) is 0 Å². The van der Waals surface area contributed by atoms with E-state index in [1.165, 1.54) is 0 Å². The van der Waals surface area contributed by atoms with E-state index in [0.29, 0.717) is 0 Å². The van der Waals surface area contributed by atoms with Crippen molar-refractivity contribution in [3.05, 3.63) is 21.9 Å². The van der Waals surface area contributed by atoms with Crippen molar-refractivity contribution < 1.29 is 8.78 Å². The fraction of sp³-hybridized carbons (Fsp3) is 0.167. The predicted molar refractivity (Wildman–Crippen MR) is 43.6 cm³/mol. The van der Waals surface area contributed by atoms with E-state index in [4.69, 9.17) is 28.9 Å². The lowest BCUT2D eigenvalue weighted by Crippen LogP contribution is -1.96. The Hall–Kier alpha value is -0.610. The van der Waals surface area contributed by atoms with E-state index >= 15 is 0 Å². The maximum atomic E-state index is 12.2. The monoisotopic (exact) mass is 212 g/mol. The van der Waals surface area contributed by atoms with Crippen LogP contribution >= 0.6 is 23.2 Å². The second kappa shape index (κ2) is 3.41. The number of hydrogen-bond donors (Lipinski definition) is 1. The largest absolute Gasteiger partial charge is 0.396 e. The minimum absolute atomic E-state index is 0.00336. The average molecular weight is 213 g/mol. The molecule has 1 rings (SSSR count). The second-order valence-electron chi connectivity index (χ2n) is 2.03. The molecule has 1 aromatic heterocycles. The second-order valence-corrected chi connectivity index (χ2v) is 2.77. The molecular formula is C6H4Cl2F2N2. The molecule has 0 aliphatic carbocycles. The number of nitrogen functional groups attached to an aromatic ring is 1. The minimum Gasteiger partial charge on any atom is -0.396 e. The van der Waals surface area contributed by atoms with Crippen LogP contribution in [-0.2, 0) is 0 Å². The molecule has 66 valence electrons. The van der Waals surface area contributed by atoms with Gasteiger partial charge in [0.25, 0.3) is 6.43 Å². The van der Waals surface area contributed by atoms with Gasteiger partial charge in [-0.15, -0.1) is 0 Å². The molecule has 0 radical (unpaired) electrons. The molecule has 1 aromatic rings. The van der Waals surface area contributed by atoms with Gasteiger partial charge in [-0.3, -0.25) is 0 Å². The molecule has 0 atom stereocenters. The van der Waals surface area contributed by atoms with Gasteiger partial charge in [-0.05, 0) is 0 Å². The number of nitrogens with two attached hydrogens (primary N) is 1. The van der Waals surface area contributed by atoms with Crippen molar-refractivity contribution in [2.24, 2.45) is 0 Å². The normalized spacial score (nSPS) is 10.8. The number of rotatable bonds is 1. The summed E-state index contributed by atoms with van der Waals surface area (Å²) in [4.78, 5) is 3.44. The van der Waals surface area contributed by atoms with Crippen LogP contribution in [0.1, 0.15) is 12.0 Å². The summed E-state index contributed by atoms with van der Waals surface area (Å²) in [6, 6.07) is 0. The highest BCUT2D eigenvalue weighted by Gasteiger charge is 2.18. The van der Waals surface area contributed by atoms with Gasteiger partial charge in [-0.25, -0.2) is 13.8 Å². The summed E-state index contributed by atoms with van der Waals surface area (Å²) in [6.45, 7) is 0. The molecule has 0 spiro atoms. The van der Waals surface area contributed by atoms with Crippen LogP contribution in [0.15, 0.2) is 6.20 Å². The van der Waals surface area contributed by atoms with Gasteiger partial charge in [0.05, 0.1) is 22.5 Å². The smallest absolute Gasteiger partial charge is 0.268 e. The highest BCUT2D eigenvalue weighted by Crippen LogP contribution is 2.34. The van der Waals surface area contributed by atoms with Crippen LogP contribution in [0.4, 0.5) is 14.5 Å². The quantitative estimate of drug-likeness (QED) is 0.728. The van der Waals surface area contributed by atoms with Crippen LogP contribution in [0, 0.1) is 0 Å². The van der Waals surface area contributed by atoms with Crippen molar-refractivity contribution in [2.75, 3.05) is 5.73 Å². The third-order valence-corrected chi connectivity index (χ3v) is 1.97. The third-order valence-electron chi connectivity index (χ3n) is 1.25.